The van der Waals surface area contributed by atoms with Crippen molar-refractivity contribution in [3.05, 3.63) is 28.2 Å². The number of ether oxygens (including phenoxy) is 1. The van der Waals surface area contributed by atoms with Gasteiger partial charge in [0.2, 0.25) is 0 Å². The quantitative estimate of drug-likeness (QED) is 0.665. The Morgan fingerprint density at radius 1 is 1.19 bits per heavy atom. The van der Waals surface area contributed by atoms with E-state index in [4.69, 9.17) is 27.9 Å². The molecular weight excluding hydrogens is 311 g/mol. The molecule has 1 aromatic rings. The van der Waals surface area contributed by atoms with Gasteiger partial charge in [0.15, 0.2) is 6.61 Å². The van der Waals surface area contributed by atoms with E-state index in [0.717, 1.165) is 31.4 Å². The van der Waals surface area contributed by atoms with Crippen molar-refractivity contribution in [1.29, 1.82) is 0 Å². The number of nitrogens with one attached hydrogen (secondary N) is 1. The SMILES string of the molecule is O=C(COc1ccc(Cl)cc1Cl)NN=C1CCCCCC1. The van der Waals surface area contributed by atoms with Gasteiger partial charge in [-0.1, -0.05) is 36.0 Å². The lowest BCUT2D eigenvalue weighted by molar-refractivity contribution is -0.123. The highest BCUT2D eigenvalue weighted by atomic mass is 35.5. The molecule has 21 heavy (non-hydrogen) atoms. The van der Waals surface area contributed by atoms with Gasteiger partial charge in [-0.25, -0.2) is 5.43 Å². The Labute approximate surface area is 134 Å². The Morgan fingerprint density at radius 3 is 2.57 bits per heavy atom. The second kappa shape index (κ2) is 8.25. The van der Waals surface area contributed by atoms with E-state index in [1.807, 2.05) is 0 Å². The van der Waals surface area contributed by atoms with Crippen LogP contribution in [0.3, 0.4) is 0 Å². The van der Waals surface area contributed by atoms with Crippen molar-refractivity contribution in [2.75, 3.05) is 6.61 Å². The van der Waals surface area contributed by atoms with Crippen LogP contribution in [0, 0.1) is 0 Å². The van der Waals surface area contributed by atoms with Gasteiger partial charge in [0.1, 0.15) is 5.75 Å². The molecule has 0 heterocycles. The monoisotopic (exact) mass is 328 g/mol. The molecule has 1 aromatic carbocycles. The normalized spacial score (nSPS) is 15.2. The maximum atomic E-state index is 11.7. The molecule has 1 fully saturated rings. The topological polar surface area (TPSA) is 50.7 Å². The first-order chi connectivity index (χ1) is 10.1. The van der Waals surface area contributed by atoms with E-state index in [-0.39, 0.29) is 12.5 Å². The van der Waals surface area contributed by atoms with E-state index in [9.17, 15) is 4.79 Å². The predicted molar refractivity (Wildman–Crippen MR) is 85.2 cm³/mol. The summed E-state index contributed by atoms with van der Waals surface area (Å²) in [6, 6.07) is 4.86. The Balaban J connectivity index is 1.80. The molecule has 1 aliphatic carbocycles. The molecule has 2 rings (SSSR count). The molecule has 0 aliphatic heterocycles. The van der Waals surface area contributed by atoms with Crippen molar-refractivity contribution in [2.24, 2.45) is 5.10 Å². The zero-order valence-corrected chi connectivity index (χ0v) is 13.2. The van der Waals surface area contributed by atoms with E-state index in [1.54, 1.807) is 18.2 Å². The Bertz CT molecular complexity index is 522. The number of benzene rings is 1. The molecule has 1 amide bonds. The van der Waals surface area contributed by atoms with Crippen LogP contribution in [0.1, 0.15) is 38.5 Å². The number of nitrogens with zero attached hydrogens (tertiary/aromatic N) is 1. The highest BCUT2D eigenvalue weighted by Gasteiger charge is 2.08. The minimum absolute atomic E-state index is 0.127. The summed E-state index contributed by atoms with van der Waals surface area (Å²) in [5, 5.41) is 5.08. The van der Waals surface area contributed by atoms with Crippen molar-refractivity contribution in [3.63, 3.8) is 0 Å². The van der Waals surface area contributed by atoms with Crippen molar-refractivity contribution < 1.29 is 9.53 Å². The zero-order valence-electron chi connectivity index (χ0n) is 11.7. The van der Waals surface area contributed by atoms with Gasteiger partial charge >= 0.3 is 0 Å². The fourth-order valence-corrected chi connectivity index (χ4v) is 2.62. The van der Waals surface area contributed by atoms with Crippen LogP contribution < -0.4 is 10.2 Å². The summed E-state index contributed by atoms with van der Waals surface area (Å²) >= 11 is 11.8. The molecule has 4 nitrogen and oxygen atoms in total. The number of amides is 1. The van der Waals surface area contributed by atoms with Gasteiger partial charge in [0.25, 0.3) is 5.91 Å². The van der Waals surface area contributed by atoms with Crippen molar-refractivity contribution >= 4 is 34.8 Å². The van der Waals surface area contributed by atoms with Crippen LogP contribution in [0.25, 0.3) is 0 Å². The lowest BCUT2D eigenvalue weighted by Crippen LogP contribution is -2.25. The summed E-state index contributed by atoms with van der Waals surface area (Å²) in [6.45, 7) is -0.127. The summed E-state index contributed by atoms with van der Waals surface area (Å²) in [7, 11) is 0. The van der Waals surface area contributed by atoms with E-state index >= 15 is 0 Å². The molecule has 0 bridgehead atoms. The fourth-order valence-electron chi connectivity index (χ4n) is 2.16. The molecule has 0 aromatic heterocycles. The fraction of sp³-hybridized carbons (Fsp3) is 0.467. The number of halogens is 2. The summed E-state index contributed by atoms with van der Waals surface area (Å²) in [5.74, 6) is 0.135. The van der Waals surface area contributed by atoms with Crippen LogP contribution in [0.2, 0.25) is 10.0 Å². The van der Waals surface area contributed by atoms with Crippen molar-refractivity contribution in [3.8, 4) is 5.75 Å². The van der Waals surface area contributed by atoms with Gasteiger partial charge < -0.3 is 4.74 Å². The number of hydrogen-bond donors (Lipinski definition) is 1. The van der Waals surface area contributed by atoms with Crippen LogP contribution in [0.4, 0.5) is 0 Å². The Morgan fingerprint density at radius 2 is 1.90 bits per heavy atom. The number of rotatable bonds is 4. The summed E-state index contributed by atoms with van der Waals surface area (Å²) in [6.07, 6.45) is 6.70. The first kappa shape index (κ1) is 16.1. The van der Waals surface area contributed by atoms with Crippen LogP contribution in [0.15, 0.2) is 23.3 Å². The Hall–Kier alpha value is -1.26. The van der Waals surface area contributed by atoms with E-state index in [0.29, 0.717) is 15.8 Å². The second-order valence-electron chi connectivity index (χ2n) is 4.99. The van der Waals surface area contributed by atoms with Crippen molar-refractivity contribution in [1.82, 2.24) is 5.43 Å². The molecule has 0 unspecified atom stereocenters. The van der Waals surface area contributed by atoms with Gasteiger partial charge in [-0.3, -0.25) is 4.79 Å². The first-order valence-corrected chi connectivity index (χ1v) is 7.83. The van der Waals surface area contributed by atoms with E-state index in [2.05, 4.69) is 10.5 Å². The maximum Gasteiger partial charge on any atom is 0.277 e. The predicted octanol–water partition coefficient (Wildman–Crippen LogP) is 4.20. The van der Waals surface area contributed by atoms with E-state index in [1.165, 1.54) is 12.8 Å². The maximum absolute atomic E-state index is 11.7. The smallest absolute Gasteiger partial charge is 0.277 e. The van der Waals surface area contributed by atoms with Crippen LogP contribution in [-0.4, -0.2) is 18.2 Å². The molecule has 0 radical (unpaired) electrons. The lowest BCUT2D eigenvalue weighted by Gasteiger charge is -2.08. The minimum atomic E-state index is -0.294. The second-order valence-corrected chi connectivity index (χ2v) is 5.83. The van der Waals surface area contributed by atoms with Crippen molar-refractivity contribution in [2.45, 2.75) is 38.5 Å². The molecule has 0 saturated heterocycles. The van der Waals surface area contributed by atoms with Crippen LogP contribution in [0.5, 0.6) is 5.75 Å². The zero-order chi connectivity index (χ0) is 15.1. The van der Waals surface area contributed by atoms with Gasteiger partial charge in [-0.2, -0.15) is 5.10 Å². The third-order valence-corrected chi connectivity index (χ3v) is 3.80. The highest BCUT2D eigenvalue weighted by Crippen LogP contribution is 2.27. The third kappa shape index (κ3) is 5.56. The molecule has 1 saturated carbocycles. The van der Waals surface area contributed by atoms with Gasteiger partial charge in [0, 0.05) is 10.7 Å². The number of hydrogen-bond acceptors (Lipinski definition) is 3. The first-order valence-electron chi connectivity index (χ1n) is 7.07. The highest BCUT2D eigenvalue weighted by molar-refractivity contribution is 6.35. The van der Waals surface area contributed by atoms with Gasteiger partial charge in [0.05, 0.1) is 5.02 Å². The summed E-state index contributed by atoms with van der Waals surface area (Å²) < 4.78 is 5.35. The molecule has 1 N–H and O–H groups in total. The minimum Gasteiger partial charge on any atom is -0.482 e. The molecule has 6 heteroatoms. The standard InChI is InChI=1S/C15H18Cl2N2O2/c16-11-7-8-14(13(17)9-11)21-10-15(20)19-18-12-5-3-1-2-4-6-12/h7-9H,1-6,10H2,(H,19,20). The largest absolute Gasteiger partial charge is 0.482 e. The molecular formula is C15H18Cl2N2O2. The summed E-state index contributed by atoms with van der Waals surface area (Å²) in [4.78, 5) is 11.7. The Kier molecular flexibility index (Phi) is 6.33. The third-order valence-electron chi connectivity index (χ3n) is 3.27. The molecule has 0 spiro atoms. The van der Waals surface area contributed by atoms with E-state index < -0.39 is 0 Å². The average Bonchev–Trinajstić information content (AvgIpc) is 2.73. The number of carbonyl (C=O) groups is 1. The number of carbonyl (C=O) groups excluding carboxylic acids is 1. The molecule has 1 aliphatic rings. The van der Waals surface area contributed by atoms with Gasteiger partial charge in [-0.15, -0.1) is 0 Å². The van der Waals surface area contributed by atoms with Crippen LogP contribution >= 0.6 is 23.2 Å². The molecule has 0 atom stereocenters. The average molecular weight is 329 g/mol. The molecule has 114 valence electrons. The summed E-state index contributed by atoms with van der Waals surface area (Å²) in [5.41, 5.74) is 3.60. The lowest BCUT2D eigenvalue weighted by atomic mass is 10.2. The van der Waals surface area contributed by atoms with Gasteiger partial charge in [-0.05, 0) is 43.9 Å². The number of hydrazone groups is 1. The van der Waals surface area contributed by atoms with Crippen LogP contribution in [-0.2, 0) is 4.79 Å².